The summed E-state index contributed by atoms with van der Waals surface area (Å²) in [5.74, 6) is 1.14. The number of amides is 1. The first-order valence-corrected chi connectivity index (χ1v) is 10.7. The topological polar surface area (TPSA) is 62.5 Å². The summed E-state index contributed by atoms with van der Waals surface area (Å²) in [6.45, 7) is 5.59. The summed E-state index contributed by atoms with van der Waals surface area (Å²) in [7, 11) is 0. The van der Waals surface area contributed by atoms with Crippen molar-refractivity contribution in [3.05, 3.63) is 36.0 Å². The first-order chi connectivity index (χ1) is 14.1. The van der Waals surface area contributed by atoms with Crippen molar-refractivity contribution < 1.29 is 13.6 Å². The molecule has 7 heteroatoms. The lowest BCUT2D eigenvalue weighted by atomic mass is 9.94. The molecule has 3 heterocycles. The molecule has 0 aliphatic carbocycles. The minimum Gasteiger partial charge on any atom is -0.419 e. The quantitative estimate of drug-likeness (QED) is 0.775. The Morgan fingerprint density at radius 3 is 2.34 bits per heavy atom. The number of benzene rings is 1. The first kappa shape index (κ1) is 20.0. The predicted molar refractivity (Wildman–Crippen MR) is 107 cm³/mol. The summed E-state index contributed by atoms with van der Waals surface area (Å²) in [5.41, 5.74) is 0.708. The fourth-order valence-electron chi connectivity index (χ4n) is 4.35. The van der Waals surface area contributed by atoms with Crippen molar-refractivity contribution >= 4 is 5.91 Å². The third-order valence-electron chi connectivity index (χ3n) is 6.23. The summed E-state index contributed by atoms with van der Waals surface area (Å²) < 4.78 is 19.0. The second-order valence-corrected chi connectivity index (χ2v) is 8.18. The molecule has 2 aliphatic heterocycles. The van der Waals surface area contributed by atoms with Crippen molar-refractivity contribution in [2.24, 2.45) is 5.92 Å². The van der Waals surface area contributed by atoms with E-state index < -0.39 is 0 Å². The second-order valence-electron chi connectivity index (χ2n) is 8.18. The van der Waals surface area contributed by atoms with Crippen LogP contribution in [0.3, 0.4) is 0 Å². The minimum absolute atomic E-state index is 0.00839. The highest BCUT2D eigenvalue weighted by molar-refractivity contribution is 5.79. The third kappa shape index (κ3) is 4.66. The molecule has 6 nitrogen and oxygen atoms in total. The third-order valence-corrected chi connectivity index (χ3v) is 6.23. The number of carbonyl (C=O) groups is 1. The molecule has 0 spiro atoms. The van der Waals surface area contributed by atoms with Crippen molar-refractivity contribution in [2.45, 2.75) is 51.5 Å². The van der Waals surface area contributed by atoms with Gasteiger partial charge < -0.3 is 9.32 Å². The Bertz CT molecular complexity index is 806. The van der Waals surface area contributed by atoms with Gasteiger partial charge in [0.25, 0.3) is 0 Å². The van der Waals surface area contributed by atoms with Gasteiger partial charge in [-0.15, -0.1) is 10.2 Å². The van der Waals surface area contributed by atoms with Gasteiger partial charge in [-0.2, -0.15) is 0 Å². The van der Waals surface area contributed by atoms with Crippen LogP contribution in [0.15, 0.2) is 28.7 Å². The van der Waals surface area contributed by atoms with Gasteiger partial charge >= 0.3 is 0 Å². The van der Waals surface area contributed by atoms with Crippen LogP contribution in [0.5, 0.6) is 0 Å². The Morgan fingerprint density at radius 1 is 1.03 bits per heavy atom. The molecule has 2 aliphatic rings. The van der Waals surface area contributed by atoms with Crippen LogP contribution in [0.25, 0.3) is 11.5 Å². The van der Waals surface area contributed by atoms with Gasteiger partial charge in [-0.3, -0.25) is 9.69 Å². The van der Waals surface area contributed by atoms with E-state index in [1.54, 1.807) is 12.1 Å². The van der Waals surface area contributed by atoms with Crippen LogP contribution in [-0.4, -0.2) is 52.1 Å². The molecule has 156 valence electrons. The van der Waals surface area contributed by atoms with Gasteiger partial charge in [0.2, 0.25) is 17.7 Å². The largest absolute Gasteiger partial charge is 0.419 e. The number of hydrogen-bond acceptors (Lipinski definition) is 5. The molecule has 1 amide bonds. The average Bonchev–Trinajstić information content (AvgIpc) is 3.08. The Balaban J connectivity index is 1.33. The Labute approximate surface area is 171 Å². The van der Waals surface area contributed by atoms with E-state index in [9.17, 15) is 9.18 Å². The molecule has 2 aromatic rings. The predicted octanol–water partition coefficient (Wildman–Crippen LogP) is 4.05. The molecule has 0 saturated carbocycles. The molecule has 1 atom stereocenters. The zero-order valence-electron chi connectivity index (χ0n) is 17.0. The molecular weight excluding hydrogens is 371 g/mol. The fraction of sp³-hybridized carbons (Fsp3) is 0.591. The van der Waals surface area contributed by atoms with Crippen LogP contribution in [-0.2, 0) is 4.79 Å². The van der Waals surface area contributed by atoms with Crippen molar-refractivity contribution in [3.8, 4) is 11.5 Å². The molecule has 1 aromatic heterocycles. The highest BCUT2D eigenvalue weighted by atomic mass is 19.1. The summed E-state index contributed by atoms with van der Waals surface area (Å²) in [5, 5.41) is 8.32. The van der Waals surface area contributed by atoms with E-state index in [1.807, 2.05) is 0 Å². The second kappa shape index (κ2) is 9.03. The van der Waals surface area contributed by atoms with Crippen molar-refractivity contribution in [3.63, 3.8) is 0 Å². The molecular formula is C22H29FN4O2. The zero-order chi connectivity index (χ0) is 20.2. The monoisotopic (exact) mass is 400 g/mol. The fourth-order valence-corrected chi connectivity index (χ4v) is 4.35. The van der Waals surface area contributed by atoms with Gasteiger partial charge in [0.15, 0.2) is 0 Å². The lowest BCUT2D eigenvalue weighted by molar-refractivity contribution is -0.137. The van der Waals surface area contributed by atoms with Gasteiger partial charge in [0.05, 0.1) is 6.04 Å². The smallest absolute Gasteiger partial charge is 0.247 e. The number of hydrogen-bond donors (Lipinski definition) is 0. The highest BCUT2D eigenvalue weighted by Gasteiger charge is 2.32. The summed E-state index contributed by atoms with van der Waals surface area (Å²) in [6, 6.07) is 6.03. The maximum absolute atomic E-state index is 13.1. The Morgan fingerprint density at radius 2 is 1.69 bits per heavy atom. The van der Waals surface area contributed by atoms with E-state index in [2.05, 4.69) is 26.9 Å². The minimum atomic E-state index is -0.292. The van der Waals surface area contributed by atoms with E-state index in [1.165, 1.54) is 25.0 Å². The van der Waals surface area contributed by atoms with Crippen LogP contribution in [0, 0.1) is 11.7 Å². The summed E-state index contributed by atoms with van der Waals surface area (Å²) in [6.07, 6.45) is 6.50. The molecule has 0 radical (unpaired) electrons. The number of carbonyl (C=O) groups excluding carboxylic acids is 1. The van der Waals surface area contributed by atoms with E-state index in [0.29, 0.717) is 23.3 Å². The number of piperidine rings is 1. The van der Waals surface area contributed by atoms with E-state index in [0.717, 1.165) is 51.9 Å². The van der Waals surface area contributed by atoms with Gasteiger partial charge in [0.1, 0.15) is 5.82 Å². The van der Waals surface area contributed by atoms with Crippen LogP contribution in [0.1, 0.15) is 57.4 Å². The molecule has 2 fully saturated rings. The van der Waals surface area contributed by atoms with Crippen LogP contribution in [0.2, 0.25) is 0 Å². The van der Waals surface area contributed by atoms with Crippen molar-refractivity contribution in [2.75, 3.05) is 26.2 Å². The summed E-state index contributed by atoms with van der Waals surface area (Å²) in [4.78, 5) is 17.3. The maximum atomic E-state index is 13.1. The van der Waals surface area contributed by atoms with E-state index in [-0.39, 0.29) is 17.8 Å². The van der Waals surface area contributed by atoms with Crippen molar-refractivity contribution in [1.82, 2.24) is 20.0 Å². The number of rotatable bonds is 4. The first-order valence-electron chi connectivity index (χ1n) is 10.7. The molecule has 0 N–H and O–H groups in total. The van der Waals surface area contributed by atoms with E-state index in [4.69, 9.17) is 4.42 Å². The number of nitrogens with zero attached hydrogens (tertiary/aromatic N) is 4. The normalized spacial score (nSPS) is 20.4. The zero-order valence-corrected chi connectivity index (χ0v) is 17.0. The molecule has 1 aromatic carbocycles. The highest BCUT2D eigenvalue weighted by Crippen LogP contribution is 2.29. The van der Waals surface area contributed by atoms with Crippen LogP contribution >= 0.6 is 0 Å². The van der Waals surface area contributed by atoms with Gasteiger partial charge in [-0.1, -0.05) is 12.8 Å². The standard InChI is InChI=1S/C22H29FN4O2/c1-16(20-24-25-21(29-20)17-6-8-19(23)9-7-17)26-14-10-18(11-15-26)22(28)27-12-4-2-3-5-13-27/h6-9,16,18H,2-5,10-15H2,1H3/t16-/m1/s1. The molecule has 0 bridgehead atoms. The van der Waals surface area contributed by atoms with Gasteiger partial charge in [-0.05, 0) is 70.0 Å². The molecule has 29 heavy (non-hydrogen) atoms. The summed E-state index contributed by atoms with van der Waals surface area (Å²) >= 11 is 0. The Hall–Kier alpha value is -2.28. The number of aromatic nitrogens is 2. The Kier molecular flexibility index (Phi) is 6.23. The number of likely N-dealkylation sites (tertiary alicyclic amines) is 2. The average molecular weight is 400 g/mol. The van der Waals surface area contributed by atoms with Crippen LogP contribution in [0.4, 0.5) is 4.39 Å². The lowest BCUT2D eigenvalue weighted by Gasteiger charge is -2.36. The van der Waals surface area contributed by atoms with E-state index >= 15 is 0 Å². The van der Waals surface area contributed by atoms with Crippen molar-refractivity contribution in [1.29, 1.82) is 0 Å². The van der Waals surface area contributed by atoms with Gasteiger partial charge in [-0.25, -0.2) is 4.39 Å². The molecule has 4 rings (SSSR count). The molecule has 2 saturated heterocycles. The van der Waals surface area contributed by atoms with Gasteiger partial charge in [0, 0.05) is 24.6 Å². The lowest BCUT2D eigenvalue weighted by Crippen LogP contribution is -2.43. The van der Waals surface area contributed by atoms with Crippen LogP contribution < -0.4 is 0 Å². The SMILES string of the molecule is C[C@H](c1nnc(-c2ccc(F)cc2)o1)N1CCC(C(=O)N2CCCCCC2)CC1. The number of halogens is 1. The molecule has 0 unspecified atom stereocenters. The maximum Gasteiger partial charge on any atom is 0.247 e.